The molecule has 150 valence electrons. The predicted molar refractivity (Wildman–Crippen MR) is 126 cm³/mol. The molecule has 1 aliphatic rings. The number of carbonyl (C=O) groups excluding carboxylic acids is 1. The van der Waals surface area contributed by atoms with Gasteiger partial charge < -0.3 is 9.64 Å². The summed E-state index contributed by atoms with van der Waals surface area (Å²) in [7, 11) is 2.11. The van der Waals surface area contributed by atoms with E-state index in [0.717, 1.165) is 6.29 Å². The molecule has 1 atom stereocenters. The molecule has 4 aromatic rings. The summed E-state index contributed by atoms with van der Waals surface area (Å²) in [5.41, 5.74) is 5.51. The van der Waals surface area contributed by atoms with Crippen LogP contribution in [0.1, 0.15) is 22.0 Å². The lowest BCUT2D eigenvalue weighted by Crippen LogP contribution is -2.27. The van der Waals surface area contributed by atoms with Gasteiger partial charge in [0.25, 0.3) is 0 Å². The van der Waals surface area contributed by atoms with Gasteiger partial charge in [0.15, 0.2) is 0 Å². The molecule has 1 heterocycles. The molecular formula is C28H21NO2. The number of aldehydes is 1. The van der Waals surface area contributed by atoms with E-state index in [1.54, 1.807) is 24.3 Å². The Morgan fingerprint density at radius 3 is 2.52 bits per heavy atom. The fraction of sp³-hybridized carbons (Fsp3) is 0.107. The number of anilines is 1. The molecule has 1 unspecified atom stereocenters. The van der Waals surface area contributed by atoms with Crippen LogP contribution in [0.25, 0.3) is 21.9 Å². The first-order valence-corrected chi connectivity index (χ1v) is 10.3. The lowest BCUT2D eigenvalue weighted by molar-refractivity contribution is 0.112. The summed E-state index contributed by atoms with van der Waals surface area (Å²) < 4.78 is 5.75. The minimum atomic E-state index is -0.0597. The van der Waals surface area contributed by atoms with Crippen molar-refractivity contribution in [3.8, 4) is 28.7 Å². The maximum Gasteiger partial charge on any atom is 0.150 e. The highest BCUT2D eigenvalue weighted by molar-refractivity contribution is 6.04. The minimum absolute atomic E-state index is 0.0597. The van der Waals surface area contributed by atoms with Crippen molar-refractivity contribution in [1.29, 1.82) is 0 Å². The van der Waals surface area contributed by atoms with Crippen molar-refractivity contribution in [2.24, 2.45) is 0 Å². The summed E-state index contributed by atoms with van der Waals surface area (Å²) >= 11 is 0. The lowest BCUT2D eigenvalue weighted by Gasteiger charge is -2.36. The SMILES string of the molecule is CN1c2c(ccc3ccccc23)-c2ccccc2C1C#CCOc1ccc(C=O)cc1. The third-order valence-electron chi connectivity index (χ3n) is 5.75. The standard InChI is InChI=1S/C28H21NO2/c1-29-27(11-6-18-31-22-15-12-20(19-30)13-16-22)25-10-5-4-9-24(25)26-17-14-21-7-2-3-8-23(21)28(26)29/h2-5,7-10,12-17,19,27H,18H2,1H3. The highest BCUT2D eigenvalue weighted by Gasteiger charge is 2.28. The zero-order valence-corrected chi connectivity index (χ0v) is 17.2. The van der Waals surface area contributed by atoms with E-state index in [9.17, 15) is 4.79 Å². The van der Waals surface area contributed by atoms with Crippen LogP contribution in [0, 0.1) is 11.8 Å². The van der Waals surface area contributed by atoms with E-state index in [-0.39, 0.29) is 12.6 Å². The van der Waals surface area contributed by atoms with E-state index in [4.69, 9.17) is 4.74 Å². The summed E-state index contributed by atoms with van der Waals surface area (Å²) in [6.45, 7) is 0.287. The molecule has 0 aliphatic carbocycles. The predicted octanol–water partition coefficient (Wildman–Crippen LogP) is 5.89. The summed E-state index contributed by atoms with van der Waals surface area (Å²) in [6, 6.07) is 28.4. The van der Waals surface area contributed by atoms with Crippen molar-refractivity contribution in [2.45, 2.75) is 6.04 Å². The van der Waals surface area contributed by atoms with Gasteiger partial charge in [-0.1, -0.05) is 72.5 Å². The highest BCUT2D eigenvalue weighted by Crippen LogP contribution is 2.46. The van der Waals surface area contributed by atoms with E-state index < -0.39 is 0 Å². The van der Waals surface area contributed by atoms with E-state index in [1.807, 2.05) is 0 Å². The third-order valence-corrected chi connectivity index (χ3v) is 5.75. The second-order valence-corrected chi connectivity index (χ2v) is 7.58. The molecule has 0 radical (unpaired) electrons. The Hall–Kier alpha value is -4.03. The molecule has 0 aromatic heterocycles. The number of nitrogens with zero attached hydrogens (tertiary/aromatic N) is 1. The van der Waals surface area contributed by atoms with Gasteiger partial charge in [-0.15, -0.1) is 0 Å². The molecule has 3 heteroatoms. The number of rotatable bonds is 3. The Kier molecular flexibility index (Phi) is 4.90. The van der Waals surface area contributed by atoms with Gasteiger partial charge in [-0.25, -0.2) is 0 Å². The van der Waals surface area contributed by atoms with E-state index in [1.165, 1.54) is 33.2 Å². The molecule has 0 amide bonds. The first-order chi connectivity index (χ1) is 15.3. The molecule has 0 saturated carbocycles. The van der Waals surface area contributed by atoms with Crippen LogP contribution < -0.4 is 9.64 Å². The summed E-state index contributed by atoms with van der Waals surface area (Å²) in [6.07, 6.45) is 0.821. The number of ether oxygens (including phenoxy) is 1. The largest absolute Gasteiger partial charge is 0.481 e. The Morgan fingerprint density at radius 2 is 1.68 bits per heavy atom. The molecule has 0 spiro atoms. The van der Waals surface area contributed by atoms with Gasteiger partial charge in [-0.2, -0.15) is 0 Å². The topological polar surface area (TPSA) is 29.5 Å². The number of fused-ring (bicyclic) bond motifs is 5. The molecule has 31 heavy (non-hydrogen) atoms. The Balaban J connectivity index is 1.48. The highest BCUT2D eigenvalue weighted by atomic mass is 16.5. The first-order valence-electron chi connectivity index (χ1n) is 10.3. The molecule has 3 nitrogen and oxygen atoms in total. The molecule has 4 aromatic carbocycles. The molecule has 0 bridgehead atoms. The maximum atomic E-state index is 10.8. The van der Waals surface area contributed by atoms with Crippen LogP contribution in [0.4, 0.5) is 5.69 Å². The zero-order valence-electron chi connectivity index (χ0n) is 17.2. The number of benzene rings is 4. The summed E-state index contributed by atoms with van der Waals surface area (Å²) in [5.74, 6) is 7.32. The van der Waals surface area contributed by atoms with Crippen LogP contribution in [0.3, 0.4) is 0 Å². The maximum absolute atomic E-state index is 10.8. The van der Waals surface area contributed by atoms with Gasteiger partial charge in [0.2, 0.25) is 0 Å². The van der Waals surface area contributed by atoms with E-state index in [0.29, 0.717) is 11.3 Å². The van der Waals surface area contributed by atoms with E-state index in [2.05, 4.69) is 84.5 Å². The van der Waals surface area contributed by atoms with Gasteiger partial charge in [0, 0.05) is 23.6 Å². The van der Waals surface area contributed by atoms with Crippen molar-refractivity contribution >= 4 is 22.7 Å². The van der Waals surface area contributed by atoms with Crippen LogP contribution in [-0.2, 0) is 0 Å². The molecule has 0 saturated heterocycles. The van der Waals surface area contributed by atoms with Gasteiger partial charge in [0.05, 0.1) is 5.69 Å². The normalized spacial score (nSPS) is 14.2. The van der Waals surface area contributed by atoms with Gasteiger partial charge in [-0.05, 0) is 40.8 Å². The van der Waals surface area contributed by atoms with Crippen molar-refractivity contribution in [1.82, 2.24) is 0 Å². The van der Waals surface area contributed by atoms with Crippen molar-refractivity contribution in [3.63, 3.8) is 0 Å². The minimum Gasteiger partial charge on any atom is -0.481 e. The quantitative estimate of drug-likeness (QED) is 0.315. The van der Waals surface area contributed by atoms with E-state index >= 15 is 0 Å². The van der Waals surface area contributed by atoms with Crippen molar-refractivity contribution in [2.75, 3.05) is 18.6 Å². The zero-order chi connectivity index (χ0) is 21.2. The van der Waals surface area contributed by atoms with Crippen LogP contribution in [0.15, 0.2) is 84.9 Å². The second-order valence-electron chi connectivity index (χ2n) is 7.58. The lowest BCUT2D eigenvalue weighted by atomic mass is 9.86. The second kappa shape index (κ2) is 8.01. The number of hydrogen-bond donors (Lipinski definition) is 0. The summed E-state index contributed by atoms with van der Waals surface area (Å²) in [4.78, 5) is 13.1. The average Bonchev–Trinajstić information content (AvgIpc) is 2.83. The van der Waals surface area contributed by atoms with Crippen molar-refractivity contribution < 1.29 is 9.53 Å². The fourth-order valence-electron chi connectivity index (χ4n) is 4.25. The van der Waals surface area contributed by atoms with Crippen LogP contribution in [0.2, 0.25) is 0 Å². The van der Waals surface area contributed by atoms with Crippen molar-refractivity contribution in [3.05, 3.63) is 96.1 Å². The monoisotopic (exact) mass is 403 g/mol. The number of hydrogen-bond acceptors (Lipinski definition) is 3. The van der Waals surface area contributed by atoms with Gasteiger partial charge in [0.1, 0.15) is 24.7 Å². The third kappa shape index (κ3) is 3.43. The molecular weight excluding hydrogens is 382 g/mol. The van der Waals surface area contributed by atoms with Crippen LogP contribution in [0.5, 0.6) is 5.75 Å². The molecule has 0 fully saturated rings. The Bertz CT molecular complexity index is 1330. The van der Waals surface area contributed by atoms with Gasteiger partial charge >= 0.3 is 0 Å². The van der Waals surface area contributed by atoms with Gasteiger partial charge in [-0.3, -0.25) is 4.79 Å². The molecule has 5 rings (SSSR count). The van der Waals surface area contributed by atoms with Crippen LogP contribution in [-0.4, -0.2) is 19.9 Å². The summed E-state index contributed by atoms with van der Waals surface area (Å²) in [5, 5.41) is 2.46. The average molecular weight is 403 g/mol. The fourth-order valence-corrected chi connectivity index (χ4v) is 4.25. The Morgan fingerprint density at radius 1 is 0.903 bits per heavy atom. The molecule has 0 N–H and O–H groups in total. The smallest absolute Gasteiger partial charge is 0.150 e. The first kappa shape index (κ1) is 19.0. The Labute approximate surface area is 181 Å². The molecule has 1 aliphatic heterocycles. The van der Waals surface area contributed by atoms with Crippen LogP contribution >= 0.6 is 0 Å². The number of carbonyl (C=O) groups is 1.